The quantitative estimate of drug-likeness (QED) is 0.414. The maximum atomic E-state index is 6.10. The minimum absolute atomic E-state index is 0.812. The predicted molar refractivity (Wildman–Crippen MR) is 86.7 cm³/mol. The molecule has 0 fully saturated rings. The molecule has 0 aliphatic heterocycles. The first-order valence-corrected chi connectivity index (χ1v) is 7.15. The maximum Gasteiger partial charge on any atom is 0.147 e. The fourth-order valence-electron chi connectivity index (χ4n) is 3.02. The van der Waals surface area contributed by atoms with Gasteiger partial charge in [0.05, 0.1) is 16.6 Å². The standard InChI is InChI=1S/C19H11NO2/c1-2-7-16-12(5-1)13-8-9-17-18(19(13)22-16)14(11-21-17)15-6-3-4-10-20-15/h1-11H. The lowest BCUT2D eigenvalue weighted by Crippen LogP contribution is -1.80. The summed E-state index contributed by atoms with van der Waals surface area (Å²) in [5.74, 6) is 0. The number of furan rings is 2. The van der Waals surface area contributed by atoms with Crippen LogP contribution >= 0.6 is 0 Å². The van der Waals surface area contributed by atoms with Crippen LogP contribution in [0.15, 0.2) is 75.9 Å². The molecule has 0 saturated carbocycles. The Kier molecular flexibility index (Phi) is 2.22. The Morgan fingerprint density at radius 2 is 1.68 bits per heavy atom. The van der Waals surface area contributed by atoms with Crippen LogP contribution in [0, 0.1) is 0 Å². The lowest BCUT2D eigenvalue weighted by molar-refractivity contribution is 0.616. The van der Waals surface area contributed by atoms with Crippen molar-refractivity contribution in [3.63, 3.8) is 0 Å². The van der Waals surface area contributed by atoms with E-state index in [1.165, 1.54) is 0 Å². The summed E-state index contributed by atoms with van der Waals surface area (Å²) in [6.07, 6.45) is 3.53. The molecule has 3 aromatic heterocycles. The SMILES string of the molecule is c1ccc(-c2coc3ccc4c5ccccc5oc4c23)nc1. The highest BCUT2D eigenvalue weighted by Gasteiger charge is 2.16. The number of hydrogen-bond acceptors (Lipinski definition) is 3. The molecule has 0 amide bonds. The number of fused-ring (bicyclic) bond motifs is 5. The lowest BCUT2D eigenvalue weighted by Gasteiger charge is -1.97. The van der Waals surface area contributed by atoms with Crippen molar-refractivity contribution in [3.05, 3.63) is 67.1 Å². The van der Waals surface area contributed by atoms with Crippen LogP contribution < -0.4 is 0 Å². The van der Waals surface area contributed by atoms with Gasteiger partial charge in [0, 0.05) is 17.0 Å². The van der Waals surface area contributed by atoms with Crippen LogP contribution in [-0.2, 0) is 0 Å². The van der Waals surface area contributed by atoms with E-state index < -0.39 is 0 Å². The Morgan fingerprint density at radius 3 is 2.59 bits per heavy atom. The summed E-state index contributed by atoms with van der Waals surface area (Å²) in [6.45, 7) is 0. The van der Waals surface area contributed by atoms with Gasteiger partial charge in [0.25, 0.3) is 0 Å². The third-order valence-electron chi connectivity index (χ3n) is 4.02. The average Bonchev–Trinajstić information content (AvgIpc) is 3.16. The van der Waals surface area contributed by atoms with Crippen LogP contribution in [0.25, 0.3) is 44.2 Å². The maximum absolute atomic E-state index is 6.10. The first kappa shape index (κ1) is 11.6. The lowest BCUT2D eigenvalue weighted by atomic mass is 10.1. The van der Waals surface area contributed by atoms with E-state index >= 15 is 0 Å². The molecule has 3 heteroatoms. The minimum Gasteiger partial charge on any atom is -0.463 e. The molecule has 2 aromatic carbocycles. The first-order chi connectivity index (χ1) is 10.9. The number of aromatic nitrogens is 1. The zero-order chi connectivity index (χ0) is 14.5. The Bertz CT molecular complexity index is 1120. The van der Waals surface area contributed by atoms with E-state index in [1.54, 1.807) is 12.5 Å². The minimum atomic E-state index is 0.812. The van der Waals surface area contributed by atoms with Crippen molar-refractivity contribution in [3.8, 4) is 11.3 Å². The molecule has 0 aliphatic rings. The third-order valence-corrected chi connectivity index (χ3v) is 4.02. The highest BCUT2D eigenvalue weighted by atomic mass is 16.3. The summed E-state index contributed by atoms with van der Waals surface area (Å²) in [5, 5.41) is 3.20. The van der Waals surface area contributed by atoms with Crippen molar-refractivity contribution in [2.24, 2.45) is 0 Å². The van der Waals surface area contributed by atoms with E-state index in [0.29, 0.717) is 0 Å². The highest BCUT2D eigenvalue weighted by molar-refractivity contribution is 6.17. The number of para-hydroxylation sites is 1. The van der Waals surface area contributed by atoms with Crippen molar-refractivity contribution in [2.75, 3.05) is 0 Å². The van der Waals surface area contributed by atoms with Crippen molar-refractivity contribution in [2.45, 2.75) is 0 Å². The molecule has 0 N–H and O–H groups in total. The molecule has 0 bridgehead atoms. The molecule has 0 atom stereocenters. The molecule has 0 unspecified atom stereocenters. The van der Waals surface area contributed by atoms with Gasteiger partial charge in [-0.25, -0.2) is 0 Å². The molecular weight excluding hydrogens is 274 g/mol. The fourth-order valence-corrected chi connectivity index (χ4v) is 3.02. The number of rotatable bonds is 1. The third kappa shape index (κ3) is 1.48. The van der Waals surface area contributed by atoms with Crippen molar-refractivity contribution in [1.29, 1.82) is 0 Å². The highest BCUT2D eigenvalue weighted by Crippen LogP contribution is 2.39. The monoisotopic (exact) mass is 285 g/mol. The Hall–Kier alpha value is -3.07. The van der Waals surface area contributed by atoms with E-state index in [1.807, 2.05) is 42.5 Å². The van der Waals surface area contributed by atoms with Crippen LogP contribution in [0.3, 0.4) is 0 Å². The van der Waals surface area contributed by atoms with Crippen molar-refractivity contribution >= 4 is 32.9 Å². The zero-order valence-corrected chi connectivity index (χ0v) is 11.6. The molecular formula is C19H11NO2. The largest absolute Gasteiger partial charge is 0.463 e. The second-order valence-electron chi connectivity index (χ2n) is 5.28. The van der Waals surface area contributed by atoms with Gasteiger partial charge in [-0.1, -0.05) is 24.3 Å². The van der Waals surface area contributed by atoms with Crippen LogP contribution in [0.4, 0.5) is 0 Å². The van der Waals surface area contributed by atoms with Crippen LogP contribution in [0.2, 0.25) is 0 Å². The molecule has 0 radical (unpaired) electrons. The molecule has 22 heavy (non-hydrogen) atoms. The van der Waals surface area contributed by atoms with Gasteiger partial charge < -0.3 is 8.83 Å². The number of hydrogen-bond donors (Lipinski definition) is 0. The molecule has 5 aromatic rings. The second kappa shape index (κ2) is 4.21. The van der Waals surface area contributed by atoms with Gasteiger partial charge >= 0.3 is 0 Å². The molecule has 0 spiro atoms. The number of pyridine rings is 1. The Morgan fingerprint density at radius 1 is 0.773 bits per heavy atom. The van der Waals surface area contributed by atoms with E-state index in [4.69, 9.17) is 8.83 Å². The van der Waals surface area contributed by atoms with Gasteiger partial charge in [-0.2, -0.15) is 0 Å². The van der Waals surface area contributed by atoms with Crippen molar-refractivity contribution < 1.29 is 8.83 Å². The summed E-state index contributed by atoms with van der Waals surface area (Å²) >= 11 is 0. The molecule has 104 valence electrons. The number of nitrogens with zero attached hydrogens (tertiary/aromatic N) is 1. The Balaban J connectivity index is 1.97. The summed E-state index contributed by atoms with van der Waals surface area (Å²) < 4.78 is 11.8. The van der Waals surface area contributed by atoms with Crippen LogP contribution in [-0.4, -0.2) is 4.98 Å². The molecule has 3 heterocycles. The number of benzene rings is 2. The average molecular weight is 285 g/mol. The van der Waals surface area contributed by atoms with E-state index in [0.717, 1.165) is 44.2 Å². The topological polar surface area (TPSA) is 39.2 Å². The van der Waals surface area contributed by atoms with Crippen LogP contribution in [0.5, 0.6) is 0 Å². The molecule has 3 nitrogen and oxygen atoms in total. The normalized spacial score (nSPS) is 11.6. The van der Waals surface area contributed by atoms with Crippen molar-refractivity contribution in [1.82, 2.24) is 4.98 Å². The molecule has 5 rings (SSSR count). The first-order valence-electron chi connectivity index (χ1n) is 7.15. The predicted octanol–water partition coefficient (Wildman–Crippen LogP) is 5.39. The smallest absolute Gasteiger partial charge is 0.147 e. The van der Waals surface area contributed by atoms with E-state index in [9.17, 15) is 0 Å². The molecule has 0 aliphatic carbocycles. The summed E-state index contributed by atoms with van der Waals surface area (Å²) in [4.78, 5) is 4.43. The van der Waals surface area contributed by atoms with Gasteiger partial charge in [0.2, 0.25) is 0 Å². The Labute approximate surface area is 125 Å². The summed E-state index contributed by atoms with van der Waals surface area (Å²) in [7, 11) is 0. The van der Waals surface area contributed by atoms with Gasteiger partial charge in [0.15, 0.2) is 0 Å². The molecule has 0 saturated heterocycles. The zero-order valence-electron chi connectivity index (χ0n) is 11.6. The second-order valence-corrected chi connectivity index (χ2v) is 5.28. The summed E-state index contributed by atoms with van der Waals surface area (Å²) in [5.41, 5.74) is 4.40. The van der Waals surface area contributed by atoms with E-state index in [-0.39, 0.29) is 0 Å². The van der Waals surface area contributed by atoms with Gasteiger partial charge in [0.1, 0.15) is 23.0 Å². The van der Waals surface area contributed by atoms with Gasteiger partial charge in [-0.15, -0.1) is 0 Å². The van der Waals surface area contributed by atoms with Gasteiger partial charge in [-0.3, -0.25) is 4.98 Å². The summed E-state index contributed by atoms with van der Waals surface area (Å²) in [6, 6.07) is 18.0. The van der Waals surface area contributed by atoms with Crippen LogP contribution in [0.1, 0.15) is 0 Å². The fraction of sp³-hybridized carbons (Fsp3) is 0. The van der Waals surface area contributed by atoms with Gasteiger partial charge in [-0.05, 0) is 30.3 Å². The van der Waals surface area contributed by atoms with E-state index in [2.05, 4.69) is 17.1 Å².